The summed E-state index contributed by atoms with van der Waals surface area (Å²) in [6.45, 7) is 3.50. The van der Waals surface area contributed by atoms with Crippen molar-refractivity contribution in [2.75, 3.05) is 0 Å². The van der Waals surface area contributed by atoms with Crippen LogP contribution in [0.5, 0.6) is 0 Å². The van der Waals surface area contributed by atoms with E-state index in [2.05, 4.69) is 33.1 Å². The Labute approximate surface area is 89.8 Å². The van der Waals surface area contributed by atoms with Crippen molar-refractivity contribution in [2.24, 2.45) is 5.84 Å². The molecule has 0 aliphatic rings. The molecule has 3 N–H and O–H groups in total. The molecule has 1 rings (SSSR count). The van der Waals surface area contributed by atoms with Crippen molar-refractivity contribution in [3.05, 3.63) is 16.0 Å². The van der Waals surface area contributed by atoms with Gasteiger partial charge in [-0.15, -0.1) is 0 Å². The second-order valence-corrected chi connectivity index (χ2v) is 4.38. The van der Waals surface area contributed by atoms with Crippen LogP contribution in [0, 0.1) is 3.57 Å². The van der Waals surface area contributed by atoms with Crippen molar-refractivity contribution < 1.29 is 4.79 Å². The second kappa shape index (κ2) is 3.62. The van der Waals surface area contributed by atoms with Crippen molar-refractivity contribution >= 4 is 28.5 Å². The molecule has 0 atom stereocenters. The number of amides is 1. The second-order valence-electron chi connectivity index (χ2n) is 3.14. The largest absolute Gasteiger partial charge is 0.292 e. The fraction of sp³-hybridized carbons (Fsp3) is 0.429. The van der Waals surface area contributed by atoms with Crippen molar-refractivity contribution in [1.82, 2.24) is 15.2 Å². The van der Waals surface area contributed by atoms with E-state index in [1.54, 1.807) is 30.9 Å². The first kappa shape index (κ1) is 10.5. The summed E-state index contributed by atoms with van der Waals surface area (Å²) in [6, 6.07) is 0. The molecule has 0 fully saturated rings. The number of hydrazine groups is 1. The number of carbonyl (C=O) groups is 1. The highest BCUT2D eigenvalue weighted by atomic mass is 127. The van der Waals surface area contributed by atoms with Gasteiger partial charge in [-0.2, -0.15) is 5.10 Å². The summed E-state index contributed by atoms with van der Waals surface area (Å²) < 4.78 is 2.56. The molecule has 0 saturated heterocycles. The predicted octanol–water partition coefficient (Wildman–Crippen LogP) is 0.213. The minimum absolute atomic E-state index is 0.271. The molecule has 0 spiro atoms. The molecule has 1 aromatic rings. The molecule has 0 aliphatic heterocycles. The maximum absolute atomic E-state index is 11.3. The van der Waals surface area contributed by atoms with Crippen LogP contribution in [0.3, 0.4) is 0 Å². The summed E-state index contributed by atoms with van der Waals surface area (Å²) in [6.07, 6.45) is 3.47. The first-order valence-electron chi connectivity index (χ1n) is 3.70. The molecule has 13 heavy (non-hydrogen) atoms. The van der Waals surface area contributed by atoms with Gasteiger partial charge in [0.25, 0.3) is 5.91 Å². The van der Waals surface area contributed by atoms with Gasteiger partial charge in [0.05, 0.1) is 9.77 Å². The standard InChI is InChI=1S/C7H11IN4O/c1-7(2,6(13)11-9)12-4-5(8)3-10-12/h3-4H,9H2,1-2H3,(H,11,13). The van der Waals surface area contributed by atoms with Gasteiger partial charge in [-0.1, -0.05) is 0 Å². The zero-order valence-corrected chi connectivity index (χ0v) is 9.57. The number of halogens is 1. The number of aromatic nitrogens is 2. The van der Waals surface area contributed by atoms with Gasteiger partial charge in [-0.3, -0.25) is 14.9 Å². The van der Waals surface area contributed by atoms with Gasteiger partial charge in [0, 0.05) is 6.20 Å². The molecular formula is C7H11IN4O. The third kappa shape index (κ3) is 1.99. The van der Waals surface area contributed by atoms with Gasteiger partial charge < -0.3 is 0 Å². The molecule has 0 bridgehead atoms. The highest BCUT2D eigenvalue weighted by molar-refractivity contribution is 14.1. The fourth-order valence-electron chi connectivity index (χ4n) is 0.887. The minimum atomic E-state index is -0.752. The zero-order chi connectivity index (χ0) is 10.1. The Morgan fingerprint density at radius 1 is 1.77 bits per heavy atom. The molecule has 0 unspecified atom stereocenters. The summed E-state index contributed by atoms with van der Waals surface area (Å²) in [4.78, 5) is 11.3. The summed E-state index contributed by atoms with van der Waals surface area (Å²) >= 11 is 2.13. The van der Waals surface area contributed by atoms with E-state index in [-0.39, 0.29) is 5.91 Å². The maximum Gasteiger partial charge on any atom is 0.261 e. The van der Waals surface area contributed by atoms with Crippen LogP contribution in [0.2, 0.25) is 0 Å². The lowest BCUT2D eigenvalue weighted by Crippen LogP contribution is -2.47. The first-order valence-corrected chi connectivity index (χ1v) is 4.78. The Hall–Kier alpha value is -0.630. The van der Waals surface area contributed by atoms with Crippen molar-refractivity contribution in [1.29, 1.82) is 0 Å². The lowest BCUT2D eigenvalue weighted by Gasteiger charge is -2.22. The van der Waals surface area contributed by atoms with E-state index in [1.165, 1.54) is 0 Å². The average molecular weight is 294 g/mol. The monoisotopic (exact) mass is 294 g/mol. The van der Waals surface area contributed by atoms with Crippen molar-refractivity contribution in [3.63, 3.8) is 0 Å². The molecule has 0 aliphatic carbocycles. The summed E-state index contributed by atoms with van der Waals surface area (Å²) in [5.41, 5.74) is 1.36. The summed E-state index contributed by atoms with van der Waals surface area (Å²) in [5, 5.41) is 4.05. The Balaban J connectivity index is 2.99. The van der Waals surface area contributed by atoms with Gasteiger partial charge in [0.15, 0.2) is 0 Å². The Morgan fingerprint density at radius 3 is 2.77 bits per heavy atom. The fourth-order valence-corrected chi connectivity index (χ4v) is 1.28. The molecule has 1 aromatic heterocycles. The molecule has 1 amide bonds. The quantitative estimate of drug-likeness (QED) is 0.354. The third-order valence-electron chi connectivity index (χ3n) is 1.81. The number of nitrogens with zero attached hydrogens (tertiary/aromatic N) is 2. The van der Waals surface area contributed by atoms with Crippen LogP contribution in [0.4, 0.5) is 0 Å². The number of hydrogen-bond donors (Lipinski definition) is 2. The van der Waals surface area contributed by atoms with Gasteiger partial charge >= 0.3 is 0 Å². The minimum Gasteiger partial charge on any atom is -0.292 e. The van der Waals surface area contributed by atoms with Gasteiger partial charge in [0.1, 0.15) is 5.54 Å². The van der Waals surface area contributed by atoms with Crippen LogP contribution >= 0.6 is 22.6 Å². The molecule has 72 valence electrons. The van der Waals surface area contributed by atoms with E-state index < -0.39 is 5.54 Å². The summed E-state index contributed by atoms with van der Waals surface area (Å²) in [7, 11) is 0. The van der Waals surface area contributed by atoms with E-state index in [4.69, 9.17) is 5.84 Å². The Morgan fingerprint density at radius 2 is 2.38 bits per heavy atom. The molecule has 0 radical (unpaired) electrons. The smallest absolute Gasteiger partial charge is 0.261 e. The van der Waals surface area contributed by atoms with E-state index in [9.17, 15) is 4.79 Å². The van der Waals surface area contributed by atoms with E-state index in [0.717, 1.165) is 3.57 Å². The number of nitrogens with one attached hydrogen (secondary N) is 1. The lowest BCUT2D eigenvalue weighted by molar-refractivity contribution is -0.128. The molecule has 0 saturated carbocycles. The lowest BCUT2D eigenvalue weighted by atomic mass is 10.1. The molecule has 1 heterocycles. The van der Waals surface area contributed by atoms with Crippen LogP contribution in [0.25, 0.3) is 0 Å². The highest BCUT2D eigenvalue weighted by Crippen LogP contribution is 2.15. The van der Waals surface area contributed by atoms with Gasteiger partial charge in [0.2, 0.25) is 0 Å². The van der Waals surface area contributed by atoms with Gasteiger partial charge in [-0.05, 0) is 36.4 Å². The van der Waals surface area contributed by atoms with E-state index >= 15 is 0 Å². The van der Waals surface area contributed by atoms with Crippen molar-refractivity contribution in [3.8, 4) is 0 Å². The van der Waals surface area contributed by atoms with Crippen molar-refractivity contribution in [2.45, 2.75) is 19.4 Å². The number of hydrogen-bond acceptors (Lipinski definition) is 3. The number of carbonyl (C=O) groups excluding carboxylic acids is 1. The number of nitrogens with two attached hydrogens (primary N) is 1. The Kier molecular flexibility index (Phi) is 2.91. The maximum atomic E-state index is 11.3. The topological polar surface area (TPSA) is 72.9 Å². The van der Waals surface area contributed by atoms with Crippen LogP contribution in [0.15, 0.2) is 12.4 Å². The molecule has 5 nitrogen and oxygen atoms in total. The molecular weight excluding hydrogens is 283 g/mol. The third-order valence-corrected chi connectivity index (χ3v) is 2.37. The highest BCUT2D eigenvalue weighted by Gasteiger charge is 2.29. The Bertz CT molecular complexity index is 320. The number of rotatable bonds is 2. The normalized spacial score (nSPS) is 11.4. The molecule has 0 aromatic carbocycles. The summed E-state index contributed by atoms with van der Waals surface area (Å²) in [5.74, 6) is 4.79. The average Bonchev–Trinajstić information content (AvgIpc) is 2.50. The van der Waals surface area contributed by atoms with E-state index in [1.807, 2.05) is 0 Å². The van der Waals surface area contributed by atoms with Crippen LogP contribution in [-0.2, 0) is 10.3 Å². The zero-order valence-electron chi connectivity index (χ0n) is 7.41. The van der Waals surface area contributed by atoms with Crippen LogP contribution < -0.4 is 11.3 Å². The molecule has 6 heteroatoms. The predicted molar refractivity (Wildman–Crippen MR) is 56.6 cm³/mol. The van der Waals surface area contributed by atoms with Crippen LogP contribution in [-0.4, -0.2) is 15.7 Å². The SMILES string of the molecule is CC(C)(C(=O)NN)n1cc(I)cn1. The first-order chi connectivity index (χ1) is 5.98. The van der Waals surface area contributed by atoms with E-state index in [0.29, 0.717) is 0 Å². The van der Waals surface area contributed by atoms with Crippen LogP contribution in [0.1, 0.15) is 13.8 Å². The van der Waals surface area contributed by atoms with Gasteiger partial charge in [-0.25, -0.2) is 5.84 Å².